The van der Waals surface area contributed by atoms with Gasteiger partial charge in [-0.3, -0.25) is 0 Å². The molecule has 0 spiro atoms. The normalized spacial score (nSPS) is 16.4. The van der Waals surface area contributed by atoms with E-state index >= 15 is 0 Å². The van der Waals surface area contributed by atoms with Gasteiger partial charge in [-0.1, -0.05) is 22.0 Å². The molecule has 1 aromatic rings. The molecule has 0 unspecified atom stereocenters. The summed E-state index contributed by atoms with van der Waals surface area (Å²) in [5.41, 5.74) is 2.00. The van der Waals surface area contributed by atoms with E-state index in [1.807, 2.05) is 30.0 Å². The molecule has 1 saturated heterocycles. The molecule has 0 aliphatic carbocycles. The molecule has 1 heterocycles. The lowest BCUT2D eigenvalue weighted by molar-refractivity contribution is 0.281. The minimum absolute atomic E-state index is 0.0730. The van der Waals surface area contributed by atoms with Crippen LogP contribution in [0.4, 0.5) is 5.69 Å². The van der Waals surface area contributed by atoms with Crippen molar-refractivity contribution in [2.45, 2.75) is 12.6 Å². The zero-order valence-corrected chi connectivity index (χ0v) is 10.1. The summed E-state index contributed by atoms with van der Waals surface area (Å²) in [6.07, 6.45) is 0. The van der Waals surface area contributed by atoms with E-state index in [4.69, 9.17) is 0 Å². The second kappa shape index (κ2) is 4.55. The number of benzene rings is 1. The minimum Gasteiger partial charge on any atom is -0.392 e. The third-order valence-electron chi connectivity index (χ3n) is 2.27. The molecule has 1 aliphatic heterocycles. The highest BCUT2D eigenvalue weighted by Crippen LogP contribution is 2.28. The van der Waals surface area contributed by atoms with Gasteiger partial charge in [-0.15, -0.1) is 0 Å². The third-order valence-corrected chi connectivity index (χ3v) is 4.29. The zero-order valence-electron chi connectivity index (χ0n) is 7.66. The number of nitrogens with one attached hydrogen (secondary N) is 1. The van der Waals surface area contributed by atoms with Gasteiger partial charge in [-0.25, -0.2) is 0 Å². The van der Waals surface area contributed by atoms with Gasteiger partial charge in [0.25, 0.3) is 0 Å². The van der Waals surface area contributed by atoms with E-state index in [1.54, 1.807) is 0 Å². The SMILES string of the molecule is OCc1c(Br)cccc1NC1CSC1. The Hall–Kier alpha value is -0.190. The highest BCUT2D eigenvalue weighted by Gasteiger charge is 2.18. The Bertz CT molecular complexity index is 328. The van der Waals surface area contributed by atoms with E-state index < -0.39 is 0 Å². The number of hydrogen-bond acceptors (Lipinski definition) is 3. The number of rotatable bonds is 3. The van der Waals surface area contributed by atoms with Crippen molar-refractivity contribution in [3.63, 3.8) is 0 Å². The van der Waals surface area contributed by atoms with E-state index in [-0.39, 0.29) is 6.61 Å². The van der Waals surface area contributed by atoms with Gasteiger partial charge in [0.2, 0.25) is 0 Å². The first-order valence-corrected chi connectivity index (χ1v) is 6.48. The molecule has 0 bridgehead atoms. The van der Waals surface area contributed by atoms with Crippen molar-refractivity contribution < 1.29 is 5.11 Å². The molecule has 0 saturated carbocycles. The molecule has 2 N–H and O–H groups in total. The van der Waals surface area contributed by atoms with Gasteiger partial charge in [-0.2, -0.15) is 11.8 Å². The van der Waals surface area contributed by atoms with Crippen molar-refractivity contribution in [3.05, 3.63) is 28.2 Å². The van der Waals surface area contributed by atoms with Crippen LogP contribution < -0.4 is 5.32 Å². The van der Waals surface area contributed by atoms with Crippen LogP contribution >= 0.6 is 27.7 Å². The van der Waals surface area contributed by atoms with Crippen LogP contribution in [0, 0.1) is 0 Å². The molecule has 14 heavy (non-hydrogen) atoms. The topological polar surface area (TPSA) is 32.3 Å². The summed E-state index contributed by atoms with van der Waals surface area (Å²) in [5, 5.41) is 12.7. The summed E-state index contributed by atoms with van der Waals surface area (Å²) in [7, 11) is 0. The monoisotopic (exact) mass is 273 g/mol. The summed E-state index contributed by atoms with van der Waals surface area (Å²) in [6.45, 7) is 0.0730. The Morgan fingerprint density at radius 3 is 2.86 bits per heavy atom. The van der Waals surface area contributed by atoms with Gasteiger partial charge < -0.3 is 10.4 Å². The van der Waals surface area contributed by atoms with Crippen LogP contribution in [0.25, 0.3) is 0 Å². The van der Waals surface area contributed by atoms with Gasteiger partial charge in [0, 0.05) is 33.3 Å². The Labute approximate surface area is 96.2 Å². The van der Waals surface area contributed by atoms with Crippen molar-refractivity contribution in [2.75, 3.05) is 16.8 Å². The average molecular weight is 274 g/mol. The zero-order chi connectivity index (χ0) is 9.97. The largest absolute Gasteiger partial charge is 0.392 e. The van der Waals surface area contributed by atoms with Crippen molar-refractivity contribution in [3.8, 4) is 0 Å². The van der Waals surface area contributed by atoms with E-state index in [0.29, 0.717) is 6.04 Å². The van der Waals surface area contributed by atoms with E-state index in [9.17, 15) is 5.11 Å². The lowest BCUT2D eigenvalue weighted by Crippen LogP contribution is -2.33. The van der Waals surface area contributed by atoms with Gasteiger partial charge in [0.15, 0.2) is 0 Å². The number of aliphatic hydroxyl groups is 1. The molecular formula is C10H12BrNOS. The maximum absolute atomic E-state index is 9.23. The number of thioether (sulfide) groups is 1. The molecule has 1 aliphatic rings. The summed E-state index contributed by atoms with van der Waals surface area (Å²) in [6, 6.07) is 6.52. The van der Waals surface area contributed by atoms with Gasteiger partial charge in [-0.05, 0) is 12.1 Å². The Kier molecular flexibility index (Phi) is 3.36. The van der Waals surface area contributed by atoms with Gasteiger partial charge >= 0.3 is 0 Å². The lowest BCUT2D eigenvalue weighted by Gasteiger charge is -2.28. The van der Waals surface area contributed by atoms with Crippen LogP contribution in [0.2, 0.25) is 0 Å². The minimum atomic E-state index is 0.0730. The van der Waals surface area contributed by atoms with Crippen LogP contribution in [0.1, 0.15) is 5.56 Å². The summed E-state index contributed by atoms with van der Waals surface area (Å²) >= 11 is 5.38. The molecule has 2 rings (SSSR count). The van der Waals surface area contributed by atoms with Crippen LogP contribution in [0.15, 0.2) is 22.7 Å². The maximum atomic E-state index is 9.23. The van der Waals surface area contributed by atoms with E-state index in [1.165, 1.54) is 0 Å². The smallest absolute Gasteiger partial charge is 0.0713 e. The van der Waals surface area contributed by atoms with Gasteiger partial charge in [0.05, 0.1) is 6.61 Å². The molecule has 4 heteroatoms. The van der Waals surface area contributed by atoms with Crippen LogP contribution in [-0.4, -0.2) is 22.7 Å². The van der Waals surface area contributed by atoms with Crippen molar-refractivity contribution in [1.82, 2.24) is 0 Å². The van der Waals surface area contributed by atoms with Crippen molar-refractivity contribution >= 4 is 33.4 Å². The fraction of sp³-hybridized carbons (Fsp3) is 0.400. The number of hydrogen-bond donors (Lipinski definition) is 2. The molecule has 0 amide bonds. The van der Waals surface area contributed by atoms with E-state index in [2.05, 4.69) is 21.2 Å². The maximum Gasteiger partial charge on any atom is 0.0713 e. The Morgan fingerprint density at radius 1 is 1.50 bits per heavy atom. The highest BCUT2D eigenvalue weighted by atomic mass is 79.9. The second-order valence-corrected chi connectivity index (χ2v) is 5.23. The molecular weight excluding hydrogens is 262 g/mol. The molecule has 76 valence electrons. The summed E-state index contributed by atoms with van der Waals surface area (Å²) < 4.78 is 0.969. The molecule has 0 radical (unpaired) electrons. The first-order valence-electron chi connectivity index (χ1n) is 4.54. The predicted octanol–water partition coefficient (Wildman–Crippen LogP) is 2.47. The van der Waals surface area contributed by atoms with E-state index in [0.717, 1.165) is 27.2 Å². The Balaban J connectivity index is 2.17. The lowest BCUT2D eigenvalue weighted by atomic mass is 10.1. The third kappa shape index (κ3) is 2.07. The first kappa shape index (κ1) is 10.3. The van der Waals surface area contributed by atoms with Crippen LogP contribution in [-0.2, 0) is 6.61 Å². The van der Waals surface area contributed by atoms with Crippen molar-refractivity contribution in [1.29, 1.82) is 0 Å². The number of aliphatic hydroxyl groups excluding tert-OH is 1. The quantitative estimate of drug-likeness (QED) is 0.888. The summed E-state index contributed by atoms with van der Waals surface area (Å²) in [4.78, 5) is 0. The fourth-order valence-corrected chi connectivity index (χ4v) is 2.52. The molecule has 2 nitrogen and oxygen atoms in total. The van der Waals surface area contributed by atoms with Gasteiger partial charge in [0.1, 0.15) is 0 Å². The summed E-state index contributed by atoms with van der Waals surface area (Å²) in [5.74, 6) is 2.33. The second-order valence-electron chi connectivity index (χ2n) is 3.30. The standard InChI is InChI=1S/C10H12BrNOS/c11-9-2-1-3-10(8(9)4-13)12-7-5-14-6-7/h1-3,7,12-13H,4-6H2. The number of halogens is 1. The first-order chi connectivity index (χ1) is 6.81. The predicted molar refractivity (Wildman–Crippen MR) is 64.8 cm³/mol. The number of anilines is 1. The average Bonchev–Trinajstić information content (AvgIpc) is 2.11. The van der Waals surface area contributed by atoms with Crippen LogP contribution in [0.3, 0.4) is 0 Å². The van der Waals surface area contributed by atoms with Crippen molar-refractivity contribution in [2.24, 2.45) is 0 Å². The molecule has 1 aromatic carbocycles. The molecule has 1 fully saturated rings. The Morgan fingerprint density at radius 2 is 2.29 bits per heavy atom. The highest BCUT2D eigenvalue weighted by molar-refractivity contribution is 9.10. The molecule has 0 atom stereocenters. The van der Waals surface area contributed by atoms with Crippen LogP contribution in [0.5, 0.6) is 0 Å². The molecule has 0 aromatic heterocycles. The fourth-order valence-electron chi connectivity index (χ4n) is 1.39.